The lowest BCUT2D eigenvalue weighted by molar-refractivity contribution is -0.121. The fourth-order valence-electron chi connectivity index (χ4n) is 2.18. The Morgan fingerprint density at radius 1 is 1.25 bits per heavy atom. The molecule has 1 aromatic carbocycles. The van der Waals surface area contributed by atoms with Crippen LogP contribution < -0.4 is 15.4 Å². The van der Waals surface area contributed by atoms with Crippen molar-refractivity contribution < 1.29 is 19.1 Å². The van der Waals surface area contributed by atoms with Crippen LogP contribution in [0.5, 0.6) is 5.75 Å². The monoisotopic (exact) mass is 336 g/mol. The molecule has 0 aliphatic heterocycles. The van der Waals surface area contributed by atoms with E-state index in [1.54, 1.807) is 27.9 Å². The Bertz CT molecular complexity index is 579. The molecule has 0 saturated carbocycles. The summed E-state index contributed by atoms with van der Waals surface area (Å²) in [6.45, 7) is 9.47. The summed E-state index contributed by atoms with van der Waals surface area (Å²) in [5.41, 5.74) is 1.47. The van der Waals surface area contributed by atoms with Crippen LogP contribution in [0.2, 0.25) is 0 Å². The lowest BCUT2D eigenvalue weighted by Crippen LogP contribution is -2.35. The first kappa shape index (κ1) is 19.8. The van der Waals surface area contributed by atoms with Gasteiger partial charge in [-0.05, 0) is 40.7 Å². The largest absolute Gasteiger partial charge is 0.496 e. The molecule has 0 aliphatic rings. The average molecular weight is 336 g/mol. The number of benzene rings is 1. The first-order chi connectivity index (χ1) is 11.1. The second-order valence-electron chi connectivity index (χ2n) is 6.71. The predicted octanol–water partition coefficient (Wildman–Crippen LogP) is 3.10. The van der Waals surface area contributed by atoms with Crippen molar-refractivity contribution in [3.8, 4) is 5.75 Å². The van der Waals surface area contributed by atoms with Crippen LogP contribution >= 0.6 is 0 Å². The molecule has 1 rings (SSSR count). The molecular weight excluding hydrogens is 308 g/mol. The number of carbonyl (C=O) groups excluding carboxylic acids is 2. The number of rotatable bonds is 6. The highest BCUT2D eigenvalue weighted by Gasteiger charge is 2.17. The van der Waals surface area contributed by atoms with E-state index < -0.39 is 11.7 Å². The summed E-state index contributed by atoms with van der Waals surface area (Å²) in [5, 5.41) is 5.48. The Kier molecular flexibility index (Phi) is 7.07. The third-order valence-corrected chi connectivity index (χ3v) is 3.25. The standard InChI is InChI=1S/C18H28N2O4/c1-12-7-8-15(23-6)14(11-12)13(2)20-16(21)9-10-19-17(22)24-18(3,4)5/h7-8,11,13H,9-10H2,1-6H3,(H,19,22)(H,20,21). The van der Waals surface area contributed by atoms with Gasteiger partial charge in [-0.1, -0.05) is 17.7 Å². The lowest BCUT2D eigenvalue weighted by atomic mass is 10.0. The van der Waals surface area contributed by atoms with Gasteiger partial charge in [-0.2, -0.15) is 0 Å². The Hall–Kier alpha value is -2.24. The minimum absolute atomic E-state index is 0.151. The summed E-state index contributed by atoms with van der Waals surface area (Å²) in [4.78, 5) is 23.6. The summed E-state index contributed by atoms with van der Waals surface area (Å²) < 4.78 is 10.5. The second kappa shape index (κ2) is 8.57. The van der Waals surface area contributed by atoms with E-state index in [0.29, 0.717) is 0 Å². The van der Waals surface area contributed by atoms with E-state index in [-0.39, 0.29) is 24.9 Å². The van der Waals surface area contributed by atoms with Gasteiger partial charge in [0, 0.05) is 18.5 Å². The van der Waals surface area contributed by atoms with Crippen molar-refractivity contribution in [2.45, 2.75) is 52.7 Å². The zero-order valence-corrected chi connectivity index (χ0v) is 15.4. The quantitative estimate of drug-likeness (QED) is 0.837. The molecule has 134 valence electrons. The maximum Gasteiger partial charge on any atom is 0.407 e. The molecule has 2 N–H and O–H groups in total. The van der Waals surface area contributed by atoms with E-state index >= 15 is 0 Å². The van der Waals surface area contributed by atoms with Crippen LogP contribution in [0.3, 0.4) is 0 Å². The van der Waals surface area contributed by atoms with Crippen LogP contribution in [-0.4, -0.2) is 31.3 Å². The molecule has 0 radical (unpaired) electrons. The van der Waals surface area contributed by atoms with E-state index in [1.165, 1.54) is 0 Å². The van der Waals surface area contributed by atoms with E-state index in [2.05, 4.69) is 10.6 Å². The van der Waals surface area contributed by atoms with Crippen molar-refractivity contribution in [1.82, 2.24) is 10.6 Å². The minimum Gasteiger partial charge on any atom is -0.496 e. The number of amides is 2. The topological polar surface area (TPSA) is 76.7 Å². The molecule has 1 atom stereocenters. The van der Waals surface area contributed by atoms with Gasteiger partial charge in [-0.15, -0.1) is 0 Å². The Morgan fingerprint density at radius 3 is 2.50 bits per heavy atom. The van der Waals surface area contributed by atoms with Gasteiger partial charge in [0.25, 0.3) is 0 Å². The fraction of sp³-hybridized carbons (Fsp3) is 0.556. The predicted molar refractivity (Wildman–Crippen MR) is 93.1 cm³/mol. The van der Waals surface area contributed by atoms with Crippen molar-refractivity contribution in [3.63, 3.8) is 0 Å². The summed E-state index contributed by atoms with van der Waals surface area (Å²) >= 11 is 0. The Labute approximate surface area is 143 Å². The number of methoxy groups -OCH3 is 1. The summed E-state index contributed by atoms with van der Waals surface area (Å²) in [5.74, 6) is 0.586. The van der Waals surface area contributed by atoms with Crippen LogP contribution in [0.4, 0.5) is 4.79 Å². The van der Waals surface area contributed by atoms with E-state index in [0.717, 1.165) is 16.9 Å². The highest BCUT2D eigenvalue weighted by atomic mass is 16.6. The zero-order valence-electron chi connectivity index (χ0n) is 15.4. The summed E-state index contributed by atoms with van der Waals surface area (Å²) in [6.07, 6.45) is -0.346. The Balaban J connectivity index is 2.48. The molecule has 1 aromatic rings. The van der Waals surface area contributed by atoms with Crippen molar-refractivity contribution >= 4 is 12.0 Å². The smallest absolute Gasteiger partial charge is 0.407 e. The van der Waals surface area contributed by atoms with Gasteiger partial charge in [0.05, 0.1) is 13.2 Å². The molecule has 0 aromatic heterocycles. The Morgan fingerprint density at radius 2 is 1.92 bits per heavy atom. The molecule has 0 bridgehead atoms. The molecule has 0 spiro atoms. The maximum absolute atomic E-state index is 12.0. The van der Waals surface area contributed by atoms with Crippen LogP contribution in [0.1, 0.15) is 51.3 Å². The van der Waals surface area contributed by atoms with Crippen LogP contribution in [0.15, 0.2) is 18.2 Å². The van der Waals surface area contributed by atoms with Gasteiger partial charge < -0.3 is 20.1 Å². The van der Waals surface area contributed by atoms with Crippen LogP contribution in [-0.2, 0) is 9.53 Å². The number of hydrogen-bond donors (Lipinski definition) is 2. The molecule has 0 fully saturated rings. The van der Waals surface area contributed by atoms with E-state index in [1.807, 2.05) is 32.0 Å². The molecule has 2 amide bonds. The number of hydrogen-bond acceptors (Lipinski definition) is 4. The van der Waals surface area contributed by atoms with Gasteiger partial charge >= 0.3 is 6.09 Å². The van der Waals surface area contributed by atoms with Crippen LogP contribution in [0.25, 0.3) is 0 Å². The van der Waals surface area contributed by atoms with E-state index in [9.17, 15) is 9.59 Å². The van der Waals surface area contributed by atoms with Gasteiger partial charge in [0.1, 0.15) is 11.4 Å². The molecule has 6 heteroatoms. The fourth-order valence-corrected chi connectivity index (χ4v) is 2.18. The normalized spacial score (nSPS) is 12.2. The van der Waals surface area contributed by atoms with Gasteiger partial charge in [-0.25, -0.2) is 4.79 Å². The summed E-state index contributed by atoms with van der Waals surface area (Å²) in [6, 6.07) is 5.65. The molecular formula is C18H28N2O4. The minimum atomic E-state index is -0.553. The number of alkyl carbamates (subject to hydrolysis) is 1. The van der Waals surface area contributed by atoms with Crippen molar-refractivity contribution in [3.05, 3.63) is 29.3 Å². The number of nitrogens with one attached hydrogen (secondary N) is 2. The van der Waals surface area contributed by atoms with Crippen molar-refractivity contribution in [1.29, 1.82) is 0 Å². The molecule has 1 unspecified atom stereocenters. The first-order valence-corrected chi connectivity index (χ1v) is 8.03. The van der Waals surface area contributed by atoms with Gasteiger partial charge in [0.2, 0.25) is 5.91 Å². The lowest BCUT2D eigenvalue weighted by Gasteiger charge is -2.20. The third kappa shape index (κ3) is 6.89. The number of ether oxygens (including phenoxy) is 2. The van der Waals surface area contributed by atoms with Crippen molar-refractivity contribution in [2.75, 3.05) is 13.7 Å². The molecule has 0 saturated heterocycles. The molecule has 0 aliphatic carbocycles. The molecule has 24 heavy (non-hydrogen) atoms. The molecule has 6 nitrogen and oxygen atoms in total. The van der Waals surface area contributed by atoms with Crippen molar-refractivity contribution in [2.24, 2.45) is 0 Å². The SMILES string of the molecule is COc1ccc(C)cc1C(C)NC(=O)CCNC(=O)OC(C)(C)C. The van der Waals surface area contributed by atoms with E-state index in [4.69, 9.17) is 9.47 Å². The van der Waals surface area contributed by atoms with Gasteiger partial charge in [0.15, 0.2) is 0 Å². The third-order valence-electron chi connectivity index (χ3n) is 3.25. The average Bonchev–Trinajstić information content (AvgIpc) is 2.45. The van der Waals surface area contributed by atoms with Gasteiger partial charge in [-0.3, -0.25) is 4.79 Å². The van der Waals surface area contributed by atoms with Crippen LogP contribution in [0, 0.1) is 6.92 Å². The highest BCUT2D eigenvalue weighted by molar-refractivity contribution is 5.77. The summed E-state index contributed by atoms with van der Waals surface area (Å²) in [7, 11) is 1.60. The second-order valence-corrected chi connectivity index (χ2v) is 6.71. The zero-order chi connectivity index (χ0) is 18.3. The highest BCUT2D eigenvalue weighted by Crippen LogP contribution is 2.26. The number of carbonyl (C=O) groups is 2. The number of aryl methyl sites for hydroxylation is 1. The maximum atomic E-state index is 12.0. The first-order valence-electron chi connectivity index (χ1n) is 8.03. The molecule has 0 heterocycles.